The first kappa shape index (κ1) is 10.1. The van der Waals surface area contributed by atoms with Gasteiger partial charge in [-0.05, 0) is 19.4 Å². The topological polar surface area (TPSA) is 18.5 Å². The number of allylic oxidation sites excluding steroid dienone is 1. The summed E-state index contributed by atoms with van der Waals surface area (Å²) in [5.74, 6) is 1.74. The van der Waals surface area contributed by atoms with Crippen molar-refractivity contribution in [3.8, 4) is 11.5 Å². The van der Waals surface area contributed by atoms with Gasteiger partial charge in [0.2, 0.25) is 0 Å². The molecule has 1 unspecified atom stereocenters. The molecule has 1 aromatic carbocycles. The number of rotatable bonds is 2. The third-order valence-corrected chi connectivity index (χ3v) is 2.52. The molecule has 80 valence electrons. The fourth-order valence-corrected chi connectivity index (χ4v) is 1.67. The predicted molar refractivity (Wildman–Crippen MR) is 61.4 cm³/mol. The van der Waals surface area contributed by atoms with Gasteiger partial charge in [-0.15, -0.1) is 0 Å². The Hall–Kier alpha value is -1.44. The van der Waals surface area contributed by atoms with E-state index in [2.05, 4.69) is 6.92 Å². The lowest BCUT2D eigenvalue weighted by Gasteiger charge is -2.26. The molecule has 0 aromatic heterocycles. The van der Waals surface area contributed by atoms with Crippen LogP contribution in [0.5, 0.6) is 11.5 Å². The van der Waals surface area contributed by atoms with Crippen LogP contribution < -0.4 is 9.47 Å². The van der Waals surface area contributed by atoms with Crippen molar-refractivity contribution in [1.29, 1.82) is 0 Å². The molecule has 1 aliphatic heterocycles. The maximum atomic E-state index is 5.89. The number of para-hydroxylation sites is 1. The number of ether oxygens (including phenoxy) is 2. The van der Waals surface area contributed by atoms with Gasteiger partial charge in [0, 0.05) is 5.56 Å². The third kappa shape index (κ3) is 1.99. The fourth-order valence-electron chi connectivity index (χ4n) is 1.67. The summed E-state index contributed by atoms with van der Waals surface area (Å²) in [5, 5.41) is 0. The van der Waals surface area contributed by atoms with E-state index in [1.807, 2.05) is 37.3 Å². The van der Waals surface area contributed by atoms with Gasteiger partial charge < -0.3 is 9.47 Å². The summed E-state index contributed by atoms with van der Waals surface area (Å²) in [7, 11) is 0. The van der Waals surface area contributed by atoms with Crippen LogP contribution in [0.15, 0.2) is 24.3 Å². The van der Waals surface area contributed by atoms with Crippen molar-refractivity contribution < 1.29 is 9.47 Å². The Morgan fingerprint density at radius 2 is 2.33 bits per heavy atom. The van der Waals surface area contributed by atoms with Gasteiger partial charge >= 0.3 is 0 Å². The number of benzene rings is 1. The Morgan fingerprint density at radius 3 is 3.07 bits per heavy atom. The van der Waals surface area contributed by atoms with Gasteiger partial charge in [-0.25, -0.2) is 0 Å². The van der Waals surface area contributed by atoms with E-state index in [0.717, 1.165) is 23.5 Å². The Labute approximate surface area is 90.5 Å². The lowest BCUT2D eigenvalue weighted by molar-refractivity contribution is 0.0882. The van der Waals surface area contributed by atoms with Crippen molar-refractivity contribution in [3.05, 3.63) is 29.8 Å². The maximum Gasteiger partial charge on any atom is 0.168 e. The molecule has 0 N–H and O–H groups in total. The zero-order valence-electron chi connectivity index (χ0n) is 9.19. The van der Waals surface area contributed by atoms with Crippen LogP contribution in [-0.2, 0) is 0 Å². The standard InChI is InChI=1S/C13H16O2/c1-3-6-10-7-5-8-12-13(10)15-11(4-2)9-14-12/h3,5-8,11H,4,9H2,1-2H3/b6-3+. The van der Waals surface area contributed by atoms with E-state index in [9.17, 15) is 0 Å². The van der Waals surface area contributed by atoms with Gasteiger partial charge in [-0.2, -0.15) is 0 Å². The minimum Gasteiger partial charge on any atom is -0.486 e. The molecule has 1 heterocycles. The van der Waals surface area contributed by atoms with E-state index in [0.29, 0.717) is 6.61 Å². The molecule has 0 bridgehead atoms. The Balaban J connectivity index is 2.36. The molecule has 1 atom stereocenters. The summed E-state index contributed by atoms with van der Waals surface area (Å²) in [5.41, 5.74) is 1.09. The molecular formula is C13H16O2. The van der Waals surface area contributed by atoms with Crippen molar-refractivity contribution in [1.82, 2.24) is 0 Å². The summed E-state index contributed by atoms with van der Waals surface area (Å²) < 4.78 is 11.5. The van der Waals surface area contributed by atoms with Crippen molar-refractivity contribution in [2.45, 2.75) is 26.4 Å². The second-order valence-corrected chi connectivity index (χ2v) is 3.63. The van der Waals surface area contributed by atoms with Gasteiger partial charge in [0.25, 0.3) is 0 Å². The molecule has 2 heteroatoms. The average Bonchev–Trinajstić information content (AvgIpc) is 2.29. The van der Waals surface area contributed by atoms with Crippen LogP contribution in [0.4, 0.5) is 0 Å². The average molecular weight is 204 g/mol. The minimum atomic E-state index is 0.184. The number of hydrogen-bond donors (Lipinski definition) is 0. The highest BCUT2D eigenvalue weighted by atomic mass is 16.6. The van der Waals surface area contributed by atoms with Gasteiger partial charge in [-0.1, -0.05) is 31.2 Å². The minimum absolute atomic E-state index is 0.184. The van der Waals surface area contributed by atoms with Crippen LogP contribution in [0.25, 0.3) is 6.08 Å². The van der Waals surface area contributed by atoms with Crippen molar-refractivity contribution in [2.24, 2.45) is 0 Å². The second-order valence-electron chi connectivity index (χ2n) is 3.63. The van der Waals surface area contributed by atoms with Crippen LogP contribution in [0.2, 0.25) is 0 Å². The lowest BCUT2D eigenvalue weighted by Crippen LogP contribution is -2.28. The highest BCUT2D eigenvalue weighted by molar-refractivity contribution is 5.62. The lowest BCUT2D eigenvalue weighted by atomic mass is 10.1. The summed E-state index contributed by atoms with van der Waals surface area (Å²) in [6, 6.07) is 5.98. The Bertz CT molecular complexity index is 369. The maximum absolute atomic E-state index is 5.89. The summed E-state index contributed by atoms with van der Waals surface area (Å²) in [6.45, 7) is 4.76. The number of fused-ring (bicyclic) bond motifs is 1. The Morgan fingerprint density at radius 1 is 1.47 bits per heavy atom. The van der Waals surface area contributed by atoms with E-state index in [1.54, 1.807) is 0 Å². The summed E-state index contributed by atoms with van der Waals surface area (Å²) in [4.78, 5) is 0. The van der Waals surface area contributed by atoms with Crippen LogP contribution in [0, 0.1) is 0 Å². The quantitative estimate of drug-likeness (QED) is 0.736. The smallest absolute Gasteiger partial charge is 0.168 e. The van der Waals surface area contributed by atoms with Crippen molar-refractivity contribution in [3.63, 3.8) is 0 Å². The zero-order valence-corrected chi connectivity index (χ0v) is 9.19. The zero-order chi connectivity index (χ0) is 10.7. The molecule has 0 spiro atoms. The highest BCUT2D eigenvalue weighted by Gasteiger charge is 2.20. The normalized spacial score (nSPS) is 19.5. The van der Waals surface area contributed by atoms with Gasteiger partial charge in [0.1, 0.15) is 12.7 Å². The molecule has 0 saturated heterocycles. The molecule has 0 fully saturated rings. The monoisotopic (exact) mass is 204 g/mol. The number of hydrogen-bond acceptors (Lipinski definition) is 2. The van der Waals surface area contributed by atoms with E-state index in [4.69, 9.17) is 9.47 Å². The predicted octanol–water partition coefficient (Wildman–Crippen LogP) is 3.27. The van der Waals surface area contributed by atoms with Crippen LogP contribution in [0.1, 0.15) is 25.8 Å². The fraction of sp³-hybridized carbons (Fsp3) is 0.385. The van der Waals surface area contributed by atoms with E-state index < -0.39 is 0 Å². The van der Waals surface area contributed by atoms with Gasteiger partial charge in [0.05, 0.1) is 0 Å². The van der Waals surface area contributed by atoms with Crippen LogP contribution >= 0.6 is 0 Å². The molecule has 0 amide bonds. The molecule has 15 heavy (non-hydrogen) atoms. The van der Waals surface area contributed by atoms with E-state index in [1.165, 1.54) is 0 Å². The molecule has 2 rings (SSSR count). The van der Waals surface area contributed by atoms with Crippen molar-refractivity contribution in [2.75, 3.05) is 6.61 Å². The molecule has 0 saturated carbocycles. The van der Waals surface area contributed by atoms with Gasteiger partial charge in [0.15, 0.2) is 11.5 Å². The molecular weight excluding hydrogens is 188 g/mol. The largest absolute Gasteiger partial charge is 0.486 e. The molecule has 0 aliphatic carbocycles. The molecule has 0 radical (unpaired) electrons. The summed E-state index contributed by atoms with van der Waals surface area (Å²) in [6.07, 6.45) is 5.21. The van der Waals surface area contributed by atoms with E-state index >= 15 is 0 Å². The van der Waals surface area contributed by atoms with Crippen LogP contribution in [0.3, 0.4) is 0 Å². The van der Waals surface area contributed by atoms with Crippen molar-refractivity contribution >= 4 is 6.08 Å². The second kappa shape index (κ2) is 4.39. The molecule has 1 aliphatic rings. The first-order valence-electron chi connectivity index (χ1n) is 5.40. The van der Waals surface area contributed by atoms with Gasteiger partial charge in [-0.3, -0.25) is 0 Å². The first-order chi connectivity index (χ1) is 7.35. The summed E-state index contributed by atoms with van der Waals surface area (Å²) >= 11 is 0. The Kier molecular flexibility index (Phi) is 2.95. The third-order valence-electron chi connectivity index (χ3n) is 2.52. The highest BCUT2D eigenvalue weighted by Crippen LogP contribution is 2.36. The SMILES string of the molecule is C/C=C/c1cccc2c1OC(CC)CO2. The molecule has 2 nitrogen and oxygen atoms in total. The van der Waals surface area contributed by atoms with Crippen LogP contribution in [-0.4, -0.2) is 12.7 Å². The van der Waals surface area contributed by atoms with E-state index in [-0.39, 0.29) is 6.10 Å². The molecule has 1 aromatic rings. The first-order valence-corrected chi connectivity index (χ1v) is 5.40.